The number of benzene rings is 1. The van der Waals surface area contributed by atoms with E-state index in [4.69, 9.17) is 9.72 Å². The monoisotopic (exact) mass is 528 g/mol. The van der Waals surface area contributed by atoms with Crippen LogP contribution < -0.4 is 10.2 Å². The second-order valence-electron chi connectivity index (χ2n) is 12.2. The Morgan fingerprint density at radius 3 is 2.59 bits per heavy atom. The number of carbonyl (C=O) groups excluding carboxylic acids is 2. The molecule has 0 radical (unpaired) electrons. The normalized spacial score (nSPS) is 23.3. The number of hydrogen-bond acceptors (Lipinski definition) is 7. The molecule has 2 saturated carbocycles. The third kappa shape index (κ3) is 4.36. The maximum absolute atomic E-state index is 12.2. The van der Waals surface area contributed by atoms with Crippen LogP contribution in [0.1, 0.15) is 61.8 Å². The first-order valence-electron chi connectivity index (χ1n) is 14.3. The molecular weight excluding hydrogens is 492 g/mol. The molecule has 39 heavy (non-hydrogen) atoms. The van der Waals surface area contributed by atoms with E-state index >= 15 is 0 Å². The van der Waals surface area contributed by atoms with Crippen molar-refractivity contribution in [3.63, 3.8) is 0 Å². The zero-order chi connectivity index (χ0) is 26.8. The summed E-state index contributed by atoms with van der Waals surface area (Å²) in [6.07, 6.45) is 8.77. The van der Waals surface area contributed by atoms with Crippen molar-refractivity contribution in [1.82, 2.24) is 19.8 Å². The molecule has 9 nitrogen and oxygen atoms in total. The van der Waals surface area contributed by atoms with Crippen LogP contribution >= 0.6 is 0 Å². The van der Waals surface area contributed by atoms with Crippen LogP contribution in [0.4, 0.5) is 16.6 Å². The van der Waals surface area contributed by atoms with Gasteiger partial charge in [-0.25, -0.2) is 9.78 Å². The molecule has 1 atom stereocenters. The molecule has 1 N–H and O–H groups in total. The van der Waals surface area contributed by atoms with Crippen molar-refractivity contribution in [3.8, 4) is 0 Å². The van der Waals surface area contributed by atoms with Gasteiger partial charge in [-0.05, 0) is 49.3 Å². The molecular formula is C30H36N6O3. The lowest BCUT2D eigenvalue weighted by atomic mass is 9.71. The first-order valence-corrected chi connectivity index (χ1v) is 14.3. The fourth-order valence-corrected chi connectivity index (χ4v) is 6.67. The standard InChI is InChI=1S/C30H36N6O3/c1-3-25(37)35-18-29(19-35)16-34(17-29)24(13-20-5-6-20)21-7-9-23(10-8-21)30(11-12-30)33-27-31-14-22-15-39-28(38)36(4-2)26(22)32-27/h3,7-10,14,20,24H,1,4-6,11-13,15-19H2,2H3,(H,31,32,33). The van der Waals surface area contributed by atoms with Gasteiger partial charge in [0, 0.05) is 50.4 Å². The van der Waals surface area contributed by atoms with Crippen molar-refractivity contribution < 1.29 is 14.3 Å². The van der Waals surface area contributed by atoms with Crippen LogP contribution in [0.25, 0.3) is 0 Å². The zero-order valence-corrected chi connectivity index (χ0v) is 22.6. The van der Waals surface area contributed by atoms with Crippen LogP contribution in [-0.4, -0.2) is 64.5 Å². The minimum absolute atomic E-state index is 0.0535. The van der Waals surface area contributed by atoms with E-state index < -0.39 is 0 Å². The fourth-order valence-electron chi connectivity index (χ4n) is 6.67. The third-order valence-electron chi connectivity index (χ3n) is 9.24. The van der Waals surface area contributed by atoms with E-state index in [0.29, 0.717) is 24.4 Å². The predicted molar refractivity (Wildman–Crippen MR) is 147 cm³/mol. The first-order chi connectivity index (χ1) is 18.9. The van der Waals surface area contributed by atoms with E-state index in [-0.39, 0.29) is 29.6 Å². The van der Waals surface area contributed by atoms with Crippen molar-refractivity contribution in [2.24, 2.45) is 11.3 Å². The summed E-state index contributed by atoms with van der Waals surface area (Å²) in [5.41, 5.74) is 3.58. The summed E-state index contributed by atoms with van der Waals surface area (Å²) in [6.45, 7) is 10.1. The molecule has 1 unspecified atom stereocenters. The van der Waals surface area contributed by atoms with Gasteiger partial charge < -0.3 is 15.0 Å². The zero-order valence-electron chi connectivity index (χ0n) is 22.6. The quantitative estimate of drug-likeness (QED) is 0.487. The minimum Gasteiger partial charge on any atom is -0.444 e. The largest absolute Gasteiger partial charge is 0.444 e. The molecule has 1 spiro atoms. The van der Waals surface area contributed by atoms with Gasteiger partial charge in [0.15, 0.2) is 0 Å². The molecule has 2 amide bonds. The summed E-state index contributed by atoms with van der Waals surface area (Å²) in [7, 11) is 0. The van der Waals surface area contributed by atoms with Gasteiger partial charge in [0.05, 0.1) is 11.1 Å². The van der Waals surface area contributed by atoms with Crippen LogP contribution in [-0.2, 0) is 21.7 Å². The molecule has 4 heterocycles. The Morgan fingerprint density at radius 2 is 1.95 bits per heavy atom. The molecule has 0 bridgehead atoms. The van der Waals surface area contributed by atoms with Gasteiger partial charge in [-0.3, -0.25) is 14.6 Å². The van der Waals surface area contributed by atoms with E-state index in [1.165, 1.54) is 36.5 Å². The number of hydrogen-bond donors (Lipinski definition) is 1. The molecule has 2 saturated heterocycles. The fraction of sp³-hybridized carbons (Fsp3) is 0.533. The summed E-state index contributed by atoms with van der Waals surface area (Å²) in [5, 5.41) is 3.58. The molecule has 204 valence electrons. The number of carbonyl (C=O) groups is 2. The number of anilines is 2. The highest BCUT2D eigenvalue weighted by Gasteiger charge is 2.54. The number of ether oxygens (including phenoxy) is 1. The lowest BCUT2D eigenvalue weighted by Crippen LogP contribution is -2.73. The lowest BCUT2D eigenvalue weighted by Gasteiger charge is -2.62. The number of fused-ring (bicyclic) bond motifs is 1. The van der Waals surface area contributed by atoms with Crippen molar-refractivity contribution in [2.75, 3.05) is 42.9 Å². The van der Waals surface area contributed by atoms with Crippen molar-refractivity contribution in [3.05, 3.63) is 59.8 Å². The Balaban J connectivity index is 1.04. The number of rotatable bonds is 9. The average Bonchev–Trinajstić information content (AvgIpc) is 3.84. The Hall–Kier alpha value is -3.46. The topological polar surface area (TPSA) is 90.9 Å². The van der Waals surface area contributed by atoms with E-state index in [9.17, 15) is 9.59 Å². The van der Waals surface area contributed by atoms with E-state index in [1.807, 2.05) is 11.8 Å². The van der Waals surface area contributed by atoms with E-state index in [1.54, 1.807) is 11.1 Å². The number of nitrogens with zero attached hydrogens (tertiary/aromatic N) is 5. The Kier molecular flexibility index (Phi) is 5.70. The van der Waals surface area contributed by atoms with Crippen LogP contribution in [0, 0.1) is 11.3 Å². The Morgan fingerprint density at radius 1 is 1.21 bits per heavy atom. The Labute approximate surface area is 229 Å². The molecule has 4 fully saturated rings. The smallest absolute Gasteiger partial charge is 0.415 e. The van der Waals surface area contributed by atoms with Crippen LogP contribution in [0.2, 0.25) is 0 Å². The molecule has 5 aliphatic rings. The second-order valence-corrected chi connectivity index (χ2v) is 12.2. The van der Waals surface area contributed by atoms with Gasteiger partial charge in [-0.15, -0.1) is 0 Å². The maximum Gasteiger partial charge on any atom is 0.415 e. The third-order valence-corrected chi connectivity index (χ3v) is 9.24. The average molecular weight is 529 g/mol. The summed E-state index contributed by atoms with van der Waals surface area (Å²) in [6, 6.07) is 9.60. The van der Waals surface area contributed by atoms with Gasteiger partial charge in [-0.1, -0.05) is 43.7 Å². The predicted octanol–water partition coefficient (Wildman–Crippen LogP) is 4.23. The molecule has 7 rings (SSSR count). The van der Waals surface area contributed by atoms with Gasteiger partial charge in [-0.2, -0.15) is 4.98 Å². The van der Waals surface area contributed by atoms with E-state index in [2.05, 4.69) is 46.0 Å². The first kappa shape index (κ1) is 24.6. The minimum atomic E-state index is -0.361. The number of likely N-dealkylation sites (tertiary alicyclic amines) is 2. The van der Waals surface area contributed by atoms with Crippen LogP contribution in [0.3, 0.4) is 0 Å². The molecule has 9 heteroatoms. The summed E-state index contributed by atoms with van der Waals surface area (Å²) in [5.74, 6) is 2.07. The Bertz CT molecular complexity index is 1300. The lowest BCUT2D eigenvalue weighted by molar-refractivity contribution is -0.159. The number of nitrogens with one attached hydrogen (secondary N) is 1. The maximum atomic E-state index is 12.2. The van der Waals surface area contributed by atoms with Crippen molar-refractivity contribution in [2.45, 2.75) is 57.2 Å². The molecule has 1 aromatic heterocycles. The highest BCUT2D eigenvalue weighted by Crippen LogP contribution is 2.50. The highest BCUT2D eigenvalue weighted by atomic mass is 16.6. The van der Waals surface area contributed by atoms with Crippen LogP contribution in [0.5, 0.6) is 0 Å². The van der Waals surface area contributed by atoms with Gasteiger partial charge in [0.25, 0.3) is 0 Å². The summed E-state index contributed by atoms with van der Waals surface area (Å²) < 4.78 is 5.22. The van der Waals surface area contributed by atoms with Gasteiger partial charge >= 0.3 is 6.09 Å². The SMILES string of the molecule is C=CC(=O)N1CC2(C1)CN(C(CC1CC1)c1ccc(C3(Nc4ncc5c(n4)N(CC)C(=O)OC5)CC3)cc1)C2. The highest BCUT2D eigenvalue weighted by molar-refractivity contribution is 5.89. The van der Waals surface area contributed by atoms with Gasteiger partial charge in [0.1, 0.15) is 12.4 Å². The molecule has 2 aliphatic carbocycles. The number of cyclic esters (lactones) is 1. The summed E-state index contributed by atoms with van der Waals surface area (Å²) >= 11 is 0. The number of aromatic nitrogens is 2. The van der Waals surface area contributed by atoms with Crippen molar-refractivity contribution >= 4 is 23.8 Å². The second kappa shape index (κ2) is 9.05. The molecule has 3 aliphatic heterocycles. The van der Waals surface area contributed by atoms with Crippen LogP contribution in [0.15, 0.2) is 43.1 Å². The van der Waals surface area contributed by atoms with Crippen molar-refractivity contribution in [1.29, 1.82) is 0 Å². The van der Waals surface area contributed by atoms with Gasteiger partial charge in [0.2, 0.25) is 11.9 Å². The molecule has 1 aromatic carbocycles. The number of amides is 2. The molecule has 2 aromatic rings. The van der Waals surface area contributed by atoms with E-state index in [0.717, 1.165) is 50.5 Å². The summed E-state index contributed by atoms with van der Waals surface area (Å²) in [4.78, 5) is 39.4.